The van der Waals surface area contributed by atoms with E-state index >= 15 is 0 Å². The molecule has 0 aliphatic heterocycles. The molecule has 0 aliphatic carbocycles. The molecule has 5 heteroatoms. The van der Waals surface area contributed by atoms with Crippen LogP contribution in [0.15, 0.2) is 18.2 Å². The van der Waals surface area contributed by atoms with Gasteiger partial charge in [0.1, 0.15) is 12.4 Å². The molecule has 0 fully saturated rings. The Morgan fingerprint density at radius 2 is 2.10 bits per heavy atom. The highest BCUT2D eigenvalue weighted by Crippen LogP contribution is 2.26. The van der Waals surface area contributed by atoms with Gasteiger partial charge in [0, 0.05) is 19.6 Å². The van der Waals surface area contributed by atoms with Crippen molar-refractivity contribution in [1.29, 1.82) is 0 Å². The number of anilines is 1. The highest BCUT2D eigenvalue weighted by atomic mass is 16.5. The average Bonchev–Trinajstić information content (AvgIpc) is 2.47. The predicted octanol–water partition coefficient (Wildman–Crippen LogP) is 2.20. The van der Waals surface area contributed by atoms with Crippen LogP contribution in [0.4, 0.5) is 5.69 Å². The number of carbonyl (C=O) groups excluding carboxylic acids is 1. The van der Waals surface area contributed by atoms with Crippen molar-refractivity contribution in [2.45, 2.75) is 20.8 Å². The van der Waals surface area contributed by atoms with Crippen LogP contribution in [-0.2, 0) is 9.53 Å². The van der Waals surface area contributed by atoms with E-state index in [-0.39, 0.29) is 11.8 Å². The molecule has 1 aromatic rings. The van der Waals surface area contributed by atoms with E-state index in [1.807, 2.05) is 39.0 Å². The van der Waals surface area contributed by atoms with Crippen LogP contribution in [0.5, 0.6) is 5.75 Å². The maximum atomic E-state index is 12.2. The van der Waals surface area contributed by atoms with Crippen LogP contribution in [0.2, 0.25) is 0 Å². The van der Waals surface area contributed by atoms with Gasteiger partial charge in [0.15, 0.2) is 0 Å². The Morgan fingerprint density at radius 3 is 2.76 bits per heavy atom. The van der Waals surface area contributed by atoms with Crippen molar-refractivity contribution in [2.75, 3.05) is 38.7 Å². The van der Waals surface area contributed by atoms with Crippen molar-refractivity contribution in [3.8, 4) is 5.75 Å². The van der Waals surface area contributed by atoms with Gasteiger partial charge in [-0.15, -0.1) is 0 Å². The normalized spacial score (nSPS) is 12.0. The molecule has 0 aliphatic rings. The van der Waals surface area contributed by atoms with E-state index in [9.17, 15) is 4.79 Å². The minimum atomic E-state index is -0.0990. The second kappa shape index (κ2) is 9.37. The van der Waals surface area contributed by atoms with Crippen LogP contribution in [0.1, 0.15) is 19.4 Å². The van der Waals surface area contributed by atoms with Gasteiger partial charge in [-0.05, 0) is 31.2 Å². The molecule has 0 saturated heterocycles. The molecule has 0 saturated carbocycles. The van der Waals surface area contributed by atoms with Crippen LogP contribution in [0.25, 0.3) is 0 Å². The molecule has 0 bridgehead atoms. The fraction of sp³-hybridized carbons (Fsp3) is 0.562. The van der Waals surface area contributed by atoms with Gasteiger partial charge >= 0.3 is 0 Å². The summed E-state index contributed by atoms with van der Waals surface area (Å²) in [5, 5.41) is 6.10. The topological polar surface area (TPSA) is 59.6 Å². The second-order valence-electron chi connectivity index (χ2n) is 5.04. The van der Waals surface area contributed by atoms with E-state index in [4.69, 9.17) is 9.47 Å². The number of benzene rings is 1. The van der Waals surface area contributed by atoms with E-state index in [0.29, 0.717) is 31.2 Å². The van der Waals surface area contributed by atoms with Gasteiger partial charge in [-0.3, -0.25) is 4.79 Å². The number of amides is 1. The third kappa shape index (κ3) is 6.14. The smallest absolute Gasteiger partial charge is 0.228 e. The van der Waals surface area contributed by atoms with Crippen LogP contribution in [-0.4, -0.2) is 39.3 Å². The largest absolute Gasteiger partial charge is 0.489 e. The summed E-state index contributed by atoms with van der Waals surface area (Å²) in [6.45, 7) is 8.39. The Morgan fingerprint density at radius 1 is 1.33 bits per heavy atom. The number of hydrogen-bond acceptors (Lipinski definition) is 4. The molecule has 0 radical (unpaired) electrons. The number of nitrogens with one attached hydrogen (secondary N) is 2. The molecule has 1 atom stereocenters. The molecule has 1 rings (SSSR count). The summed E-state index contributed by atoms with van der Waals surface area (Å²) < 4.78 is 10.6. The lowest BCUT2D eigenvalue weighted by atomic mass is 10.1. The summed E-state index contributed by atoms with van der Waals surface area (Å²) in [4.78, 5) is 12.2. The summed E-state index contributed by atoms with van der Waals surface area (Å²) in [6.07, 6.45) is 0. The number of rotatable bonds is 9. The first-order chi connectivity index (χ1) is 10.1. The molecule has 0 spiro atoms. The number of hydrogen-bond donors (Lipinski definition) is 2. The molecular formula is C16H26N2O3. The van der Waals surface area contributed by atoms with E-state index in [2.05, 4.69) is 10.6 Å². The van der Waals surface area contributed by atoms with Gasteiger partial charge in [-0.1, -0.05) is 19.9 Å². The minimum Gasteiger partial charge on any atom is -0.489 e. The highest BCUT2D eigenvalue weighted by Gasteiger charge is 2.14. The first kappa shape index (κ1) is 17.5. The average molecular weight is 294 g/mol. The standard InChI is InChI=1S/C16H26N2O3/c1-5-17-11-13(3)16(19)18-14-7-6-12(2)10-15(14)21-9-8-20-4/h6-7,10,13,17H,5,8-9,11H2,1-4H3,(H,18,19). The van der Waals surface area contributed by atoms with Crippen molar-refractivity contribution in [2.24, 2.45) is 5.92 Å². The van der Waals surface area contributed by atoms with E-state index in [0.717, 1.165) is 12.1 Å². The van der Waals surface area contributed by atoms with Crippen LogP contribution in [0.3, 0.4) is 0 Å². The van der Waals surface area contributed by atoms with Crippen LogP contribution < -0.4 is 15.4 Å². The molecule has 21 heavy (non-hydrogen) atoms. The SMILES string of the molecule is CCNCC(C)C(=O)Nc1ccc(C)cc1OCCOC. The van der Waals surface area contributed by atoms with Crippen LogP contribution >= 0.6 is 0 Å². The molecule has 1 amide bonds. The number of carbonyl (C=O) groups is 1. The molecule has 1 unspecified atom stereocenters. The lowest BCUT2D eigenvalue weighted by Crippen LogP contribution is -2.30. The Hall–Kier alpha value is -1.59. The van der Waals surface area contributed by atoms with E-state index < -0.39 is 0 Å². The van der Waals surface area contributed by atoms with E-state index in [1.54, 1.807) is 7.11 Å². The van der Waals surface area contributed by atoms with Crippen molar-refractivity contribution in [1.82, 2.24) is 5.32 Å². The zero-order valence-corrected chi connectivity index (χ0v) is 13.4. The van der Waals surface area contributed by atoms with Gasteiger partial charge < -0.3 is 20.1 Å². The summed E-state index contributed by atoms with van der Waals surface area (Å²) >= 11 is 0. The zero-order chi connectivity index (χ0) is 15.7. The van der Waals surface area contributed by atoms with Gasteiger partial charge in [0.2, 0.25) is 5.91 Å². The second-order valence-corrected chi connectivity index (χ2v) is 5.04. The Labute approximate surface area is 127 Å². The van der Waals surface area contributed by atoms with Crippen LogP contribution in [0, 0.1) is 12.8 Å². The lowest BCUT2D eigenvalue weighted by Gasteiger charge is -2.16. The third-order valence-electron chi connectivity index (χ3n) is 3.09. The molecule has 2 N–H and O–H groups in total. The fourth-order valence-electron chi connectivity index (χ4n) is 1.80. The highest BCUT2D eigenvalue weighted by molar-refractivity contribution is 5.93. The maximum absolute atomic E-state index is 12.2. The molecule has 5 nitrogen and oxygen atoms in total. The molecule has 0 aromatic heterocycles. The first-order valence-electron chi connectivity index (χ1n) is 7.32. The lowest BCUT2D eigenvalue weighted by molar-refractivity contribution is -0.119. The number of aryl methyl sites for hydroxylation is 1. The summed E-state index contributed by atoms with van der Waals surface area (Å²) in [6, 6.07) is 5.74. The van der Waals surface area contributed by atoms with Gasteiger partial charge in [0.25, 0.3) is 0 Å². The van der Waals surface area contributed by atoms with Crippen molar-refractivity contribution in [3.05, 3.63) is 23.8 Å². The Kier molecular flexibility index (Phi) is 7.79. The van der Waals surface area contributed by atoms with Gasteiger partial charge in [0.05, 0.1) is 12.3 Å². The van der Waals surface area contributed by atoms with Crippen molar-refractivity contribution >= 4 is 11.6 Å². The Balaban J connectivity index is 2.70. The monoisotopic (exact) mass is 294 g/mol. The molecule has 0 heterocycles. The van der Waals surface area contributed by atoms with Crippen molar-refractivity contribution in [3.63, 3.8) is 0 Å². The predicted molar refractivity (Wildman–Crippen MR) is 84.9 cm³/mol. The molecular weight excluding hydrogens is 268 g/mol. The fourth-order valence-corrected chi connectivity index (χ4v) is 1.80. The summed E-state index contributed by atoms with van der Waals surface area (Å²) in [5.74, 6) is 0.561. The van der Waals surface area contributed by atoms with Crippen molar-refractivity contribution < 1.29 is 14.3 Å². The number of methoxy groups -OCH3 is 1. The molecule has 1 aromatic carbocycles. The zero-order valence-electron chi connectivity index (χ0n) is 13.4. The quantitative estimate of drug-likeness (QED) is 0.686. The number of ether oxygens (including phenoxy) is 2. The Bertz CT molecular complexity index is 449. The first-order valence-corrected chi connectivity index (χ1v) is 7.32. The van der Waals surface area contributed by atoms with Gasteiger partial charge in [-0.25, -0.2) is 0 Å². The maximum Gasteiger partial charge on any atom is 0.228 e. The summed E-state index contributed by atoms with van der Waals surface area (Å²) in [5.41, 5.74) is 1.78. The van der Waals surface area contributed by atoms with Gasteiger partial charge in [-0.2, -0.15) is 0 Å². The summed E-state index contributed by atoms with van der Waals surface area (Å²) in [7, 11) is 1.63. The third-order valence-corrected chi connectivity index (χ3v) is 3.09. The minimum absolute atomic E-state index is 0.0172. The molecule has 118 valence electrons. The van der Waals surface area contributed by atoms with E-state index in [1.165, 1.54) is 0 Å².